The zero-order chi connectivity index (χ0) is 58.2. The number of likely N-dealkylation sites (tertiary alicyclic amines) is 1. The summed E-state index contributed by atoms with van der Waals surface area (Å²) in [6.07, 6.45) is -2.51. The van der Waals surface area contributed by atoms with Crippen LogP contribution in [0.1, 0.15) is 131 Å². The number of carbonyl (C=O) groups is 2. The molecule has 4 fully saturated rings. The van der Waals surface area contributed by atoms with E-state index in [4.69, 9.17) is 14.6 Å². The second-order valence-electron chi connectivity index (χ2n) is 21.8. The second-order valence-corrected chi connectivity index (χ2v) is 21.8. The van der Waals surface area contributed by atoms with Gasteiger partial charge in [-0.2, -0.15) is 26.3 Å². The molecule has 17 nitrogen and oxygen atoms in total. The van der Waals surface area contributed by atoms with Crippen LogP contribution in [-0.2, 0) is 21.8 Å². The number of carboxylic acid groups (broad SMARTS) is 1. The van der Waals surface area contributed by atoms with Gasteiger partial charge < -0.3 is 35.2 Å². The molecule has 4 saturated heterocycles. The lowest BCUT2D eigenvalue weighted by atomic mass is 9.86. The van der Waals surface area contributed by atoms with Gasteiger partial charge >= 0.3 is 18.3 Å². The third-order valence-electron chi connectivity index (χ3n) is 16.6. The van der Waals surface area contributed by atoms with Crippen LogP contribution in [0.2, 0.25) is 0 Å². The summed E-state index contributed by atoms with van der Waals surface area (Å²) in [5.41, 5.74) is 2.37. The van der Waals surface area contributed by atoms with Gasteiger partial charge in [-0.25, -0.2) is 14.3 Å². The van der Waals surface area contributed by atoms with Gasteiger partial charge in [0.2, 0.25) is 0 Å². The lowest BCUT2D eigenvalue weighted by Crippen LogP contribution is -2.62. The Bertz CT molecular complexity index is 2670. The third-order valence-corrected chi connectivity index (χ3v) is 16.6. The number of hydrogen-bond acceptors (Lipinski definition) is 13. The molecule has 2 aromatic heterocycles. The van der Waals surface area contributed by atoms with E-state index in [-0.39, 0.29) is 46.4 Å². The molecule has 436 valence electrons. The van der Waals surface area contributed by atoms with E-state index < -0.39 is 29.4 Å². The maximum atomic E-state index is 13.3. The molecule has 0 bridgehead atoms. The number of alkyl halides is 6. The van der Waals surface area contributed by atoms with Gasteiger partial charge in [0.1, 0.15) is 22.5 Å². The van der Waals surface area contributed by atoms with Crippen molar-refractivity contribution in [2.24, 2.45) is 0 Å². The van der Waals surface area contributed by atoms with Gasteiger partial charge in [-0.3, -0.25) is 24.4 Å². The molecule has 0 radical (unpaired) electrons. The molecule has 2 aromatic carbocycles. The summed E-state index contributed by atoms with van der Waals surface area (Å²) in [7, 11) is 3.26. The minimum atomic E-state index is -4.36. The number of carbonyl (C=O) groups excluding carboxylic acids is 1. The molecule has 4 aliphatic rings. The first kappa shape index (κ1) is 62.6. The number of benzene rings is 2. The van der Waals surface area contributed by atoms with Crippen LogP contribution in [0.4, 0.5) is 26.3 Å². The number of methoxy groups -OCH3 is 2. The van der Waals surface area contributed by atoms with Crippen LogP contribution in [0.15, 0.2) is 61.2 Å². The molecule has 0 saturated carbocycles. The summed E-state index contributed by atoms with van der Waals surface area (Å²) >= 11 is 0. The Labute approximate surface area is 459 Å². The number of hydrogen-bond donors (Lipinski definition) is 2. The number of piperazine rings is 2. The van der Waals surface area contributed by atoms with Crippen molar-refractivity contribution in [2.75, 3.05) is 92.9 Å². The fourth-order valence-electron chi connectivity index (χ4n) is 11.6. The van der Waals surface area contributed by atoms with Crippen molar-refractivity contribution in [3.05, 3.63) is 128 Å². The average molecular weight is 1120 g/mol. The van der Waals surface area contributed by atoms with Crippen molar-refractivity contribution >= 4 is 11.9 Å². The molecule has 0 spiro atoms. The van der Waals surface area contributed by atoms with Gasteiger partial charge in [-0.05, 0) is 116 Å². The molecular formula is C56H78F6N10O7. The number of ether oxygens (including phenoxy) is 2. The van der Waals surface area contributed by atoms with Crippen LogP contribution in [-0.4, -0.2) is 167 Å². The molecule has 6 heterocycles. The Hall–Kier alpha value is -5.56. The smallest absolute Gasteiger partial charge is 0.416 e. The van der Waals surface area contributed by atoms with Gasteiger partial charge in [0.05, 0.1) is 36.4 Å². The van der Waals surface area contributed by atoms with Crippen molar-refractivity contribution in [1.82, 2.24) is 39.8 Å². The van der Waals surface area contributed by atoms with Crippen LogP contribution in [0.5, 0.6) is 0 Å². The van der Waals surface area contributed by atoms with Crippen LogP contribution < -0.4 is 14.8 Å². The number of carboxylic acids is 1. The van der Waals surface area contributed by atoms with Crippen LogP contribution in [0, 0.1) is 38.1 Å². The molecule has 0 aliphatic carbocycles. The maximum Gasteiger partial charge on any atom is 0.416 e. The molecule has 2 N–H and O–H groups in total. The van der Waals surface area contributed by atoms with E-state index in [0.717, 1.165) is 108 Å². The first-order valence-corrected chi connectivity index (χ1v) is 26.8. The van der Waals surface area contributed by atoms with Gasteiger partial charge in [0, 0.05) is 104 Å². The summed E-state index contributed by atoms with van der Waals surface area (Å²) in [5, 5.41) is 35.0. The second kappa shape index (κ2) is 26.4. The number of aryl methyl sites for hydroxylation is 2. The standard InChI is InChI=1S/C28H38F3N5O3.C21H32F3N3O.C7H8N2O3/c1-19-16-34(14-15-35(19)24(17-39-5)22-6-8-23(9-7-22)28(29,30)31)27(4)10-12-33(13-11-27)26(37)25-20(2)32-18-36(38)21(25)3;1-16-14-26(20(2)8-10-25-11-9-20)12-13-27(16)19(15-28-3)17-4-6-18(7-5-17)21(22,23)24;1-4-6(7(10)11)5(2)9(12)3-8-4/h6-9,18-19,24H,10-17H2,1-5H3;4-7,16,19,25H,8-15H2,1-3H3;3H,1-2H3,(H,10,11)/t19-,24-;16-,19-;/m00./s1. The predicted molar refractivity (Wildman–Crippen MR) is 284 cm³/mol. The monoisotopic (exact) mass is 1120 g/mol. The third kappa shape index (κ3) is 15.1. The van der Waals surface area contributed by atoms with Crippen molar-refractivity contribution in [2.45, 2.75) is 129 Å². The summed E-state index contributed by atoms with van der Waals surface area (Å²) in [6, 6.07) is 11.2. The lowest BCUT2D eigenvalue weighted by molar-refractivity contribution is -0.616. The molecule has 4 atom stereocenters. The van der Waals surface area contributed by atoms with E-state index in [1.165, 1.54) is 25.4 Å². The molecule has 8 rings (SSSR count). The van der Waals surface area contributed by atoms with E-state index in [0.29, 0.717) is 64.5 Å². The molecule has 4 aromatic rings. The minimum Gasteiger partial charge on any atom is -0.711 e. The number of halogens is 6. The Balaban J connectivity index is 0.000000218. The highest BCUT2D eigenvalue weighted by molar-refractivity contribution is 5.96. The molecule has 23 heteroatoms. The largest absolute Gasteiger partial charge is 0.711 e. The van der Waals surface area contributed by atoms with Crippen LogP contribution in [0.25, 0.3) is 0 Å². The van der Waals surface area contributed by atoms with E-state index in [1.807, 2.05) is 4.90 Å². The zero-order valence-corrected chi connectivity index (χ0v) is 47.1. The van der Waals surface area contributed by atoms with Gasteiger partial charge in [0.25, 0.3) is 18.6 Å². The first-order valence-electron chi connectivity index (χ1n) is 26.8. The number of nitrogens with zero attached hydrogens (tertiary/aromatic N) is 9. The van der Waals surface area contributed by atoms with E-state index >= 15 is 0 Å². The number of amides is 1. The molecular weight excluding hydrogens is 1040 g/mol. The fourth-order valence-corrected chi connectivity index (χ4v) is 11.6. The molecule has 4 aliphatic heterocycles. The maximum absolute atomic E-state index is 13.3. The lowest BCUT2D eigenvalue weighted by Gasteiger charge is -2.52. The van der Waals surface area contributed by atoms with E-state index in [9.17, 15) is 46.3 Å². The summed E-state index contributed by atoms with van der Waals surface area (Å²) in [4.78, 5) is 43.2. The zero-order valence-electron chi connectivity index (χ0n) is 47.1. The Morgan fingerprint density at radius 3 is 1.39 bits per heavy atom. The van der Waals surface area contributed by atoms with Crippen LogP contribution >= 0.6 is 0 Å². The molecule has 79 heavy (non-hydrogen) atoms. The molecule has 1 amide bonds. The molecule has 0 unspecified atom stereocenters. The highest BCUT2D eigenvalue weighted by Gasteiger charge is 2.43. The summed E-state index contributed by atoms with van der Waals surface area (Å²) in [6.45, 7) is 24.7. The van der Waals surface area contributed by atoms with Gasteiger partial charge in [-0.15, -0.1) is 0 Å². The highest BCUT2D eigenvalue weighted by Crippen LogP contribution is 2.37. The number of aromatic nitrogens is 4. The number of piperidine rings is 2. The summed E-state index contributed by atoms with van der Waals surface area (Å²) in [5.74, 6) is -1.27. The van der Waals surface area contributed by atoms with Crippen molar-refractivity contribution < 1.29 is 60.0 Å². The van der Waals surface area contributed by atoms with Crippen molar-refractivity contribution in [3.63, 3.8) is 0 Å². The van der Waals surface area contributed by atoms with Gasteiger partial charge in [-0.1, -0.05) is 34.2 Å². The summed E-state index contributed by atoms with van der Waals surface area (Å²) < 4.78 is 89.9. The van der Waals surface area contributed by atoms with E-state index in [2.05, 4.69) is 62.6 Å². The Kier molecular flexibility index (Phi) is 20.9. The van der Waals surface area contributed by atoms with Crippen molar-refractivity contribution in [3.8, 4) is 0 Å². The number of nitrogens with one attached hydrogen (secondary N) is 1. The number of aromatic carboxylic acids is 1. The SMILES string of the molecule is COC[C@@H](c1ccc(C(F)(F)F)cc1)N1CCN(C2(C)CCN(C(=O)c3c(C)nc[n+]([O-])c3C)CC2)C[C@@H]1C.COC[C@@H](c1ccc(C(F)(F)F)cc1)N1CCN(C2(C)CCNCC2)C[C@@H]1C.Cc1nc[n+]([O-])c(C)c1C(=O)O. The van der Waals surface area contributed by atoms with E-state index in [1.54, 1.807) is 59.3 Å². The first-order chi connectivity index (χ1) is 37.1. The normalized spacial score (nSPS) is 21.2. The fraction of sp³-hybridized carbons (Fsp3) is 0.607. The van der Waals surface area contributed by atoms with Crippen LogP contribution in [0.3, 0.4) is 0 Å². The Morgan fingerprint density at radius 2 is 1.04 bits per heavy atom. The predicted octanol–water partition coefficient (Wildman–Crippen LogP) is 7.31. The minimum absolute atomic E-state index is 0.0208. The number of rotatable bonds is 12. The van der Waals surface area contributed by atoms with Crippen molar-refractivity contribution in [1.29, 1.82) is 0 Å². The highest BCUT2D eigenvalue weighted by atomic mass is 19.4. The average Bonchev–Trinajstić information content (AvgIpc) is 3.40. The Morgan fingerprint density at radius 1 is 0.658 bits per heavy atom. The topological polar surface area (TPSA) is 181 Å². The quantitative estimate of drug-likeness (QED) is 0.0819. The van der Waals surface area contributed by atoms with Gasteiger partial charge in [0.15, 0.2) is 11.4 Å².